The lowest BCUT2D eigenvalue weighted by molar-refractivity contribution is -0.137. The van der Waals surface area contributed by atoms with Gasteiger partial charge >= 0.3 is 6.18 Å². The van der Waals surface area contributed by atoms with Gasteiger partial charge in [-0.2, -0.15) is 13.2 Å². The molecule has 0 spiro atoms. The standard InChI is InChI=1S/C11H11ClF3NO.ClH/c12-9-5-7(10-6-17-4-3-16-10)1-2-8(9)11(13,14)15;/h1-2,5,10,16H,3-4,6H2;1H/t10-;/m0./s1. The molecule has 7 heteroatoms. The van der Waals surface area contributed by atoms with Gasteiger partial charge in [0.25, 0.3) is 0 Å². The summed E-state index contributed by atoms with van der Waals surface area (Å²) in [5.74, 6) is 0. The van der Waals surface area contributed by atoms with Gasteiger partial charge in [-0.3, -0.25) is 0 Å². The van der Waals surface area contributed by atoms with Crippen molar-refractivity contribution in [2.75, 3.05) is 19.8 Å². The molecule has 0 radical (unpaired) electrons. The van der Waals surface area contributed by atoms with E-state index in [0.29, 0.717) is 25.3 Å². The van der Waals surface area contributed by atoms with Crippen molar-refractivity contribution in [2.24, 2.45) is 0 Å². The number of hydrogen-bond acceptors (Lipinski definition) is 2. The van der Waals surface area contributed by atoms with E-state index in [0.717, 1.165) is 6.07 Å². The summed E-state index contributed by atoms with van der Waals surface area (Å²) in [6.07, 6.45) is -4.41. The number of halogens is 5. The Morgan fingerprint density at radius 2 is 2.06 bits per heavy atom. The molecule has 0 aromatic heterocycles. The maximum Gasteiger partial charge on any atom is 0.417 e. The molecule has 0 saturated carbocycles. The second-order valence-corrected chi connectivity index (χ2v) is 4.23. The van der Waals surface area contributed by atoms with Gasteiger partial charge in [0, 0.05) is 6.54 Å². The lowest BCUT2D eigenvalue weighted by Gasteiger charge is -2.24. The molecule has 1 atom stereocenters. The fraction of sp³-hybridized carbons (Fsp3) is 0.455. The monoisotopic (exact) mass is 301 g/mol. The lowest BCUT2D eigenvalue weighted by atomic mass is 10.0. The minimum Gasteiger partial charge on any atom is -0.378 e. The van der Waals surface area contributed by atoms with Crippen molar-refractivity contribution in [3.63, 3.8) is 0 Å². The molecule has 1 N–H and O–H groups in total. The zero-order valence-electron chi connectivity index (χ0n) is 9.26. The van der Waals surface area contributed by atoms with Crippen LogP contribution in [0, 0.1) is 0 Å². The summed E-state index contributed by atoms with van der Waals surface area (Å²) in [5, 5.41) is 2.88. The van der Waals surface area contributed by atoms with Gasteiger partial charge in [0.05, 0.1) is 29.8 Å². The molecule has 1 saturated heterocycles. The quantitative estimate of drug-likeness (QED) is 0.858. The predicted octanol–water partition coefficient (Wildman–Crippen LogP) is 3.44. The molecule has 0 bridgehead atoms. The van der Waals surface area contributed by atoms with Crippen LogP contribution in [0.3, 0.4) is 0 Å². The van der Waals surface area contributed by atoms with E-state index < -0.39 is 11.7 Å². The van der Waals surface area contributed by atoms with E-state index in [1.807, 2.05) is 0 Å². The predicted molar refractivity (Wildman–Crippen MR) is 65.3 cm³/mol. The van der Waals surface area contributed by atoms with Crippen LogP contribution in [-0.2, 0) is 10.9 Å². The average molecular weight is 302 g/mol. The van der Waals surface area contributed by atoms with Gasteiger partial charge in [-0.25, -0.2) is 0 Å². The van der Waals surface area contributed by atoms with Gasteiger partial charge in [-0.15, -0.1) is 12.4 Å². The first-order valence-corrected chi connectivity index (χ1v) is 5.54. The molecule has 1 aliphatic heterocycles. The maximum absolute atomic E-state index is 12.5. The van der Waals surface area contributed by atoms with E-state index in [9.17, 15) is 13.2 Å². The Morgan fingerprint density at radius 1 is 1.33 bits per heavy atom. The molecular formula is C11H12Cl2F3NO. The number of benzene rings is 1. The van der Waals surface area contributed by atoms with Crippen LogP contribution in [0.5, 0.6) is 0 Å². The van der Waals surface area contributed by atoms with Gasteiger partial charge in [-0.1, -0.05) is 17.7 Å². The van der Waals surface area contributed by atoms with Crippen LogP contribution in [0.15, 0.2) is 18.2 Å². The van der Waals surface area contributed by atoms with Crippen molar-refractivity contribution in [1.29, 1.82) is 0 Å². The first kappa shape index (κ1) is 15.6. The number of morpholine rings is 1. The number of nitrogens with one attached hydrogen (secondary N) is 1. The zero-order chi connectivity index (χ0) is 12.5. The van der Waals surface area contributed by atoms with E-state index in [2.05, 4.69) is 5.32 Å². The molecule has 0 unspecified atom stereocenters. The van der Waals surface area contributed by atoms with Crippen LogP contribution < -0.4 is 5.32 Å². The Balaban J connectivity index is 0.00000162. The van der Waals surface area contributed by atoms with Crippen LogP contribution in [0.2, 0.25) is 5.02 Å². The van der Waals surface area contributed by atoms with Crippen LogP contribution in [0.25, 0.3) is 0 Å². The molecule has 102 valence electrons. The molecule has 1 aromatic carbocycles. The number of hydrogen-bond donors (Lipinski definition) is 1. The third-order valence-electron chi connectivity index (χ3n) is 2.62. The highest BCUT2D eigenvalue weighted by molar-refractivity contribution is 6.31. The third-order valence-corrected chi connectivity index (χ3v) is 2.94. The van der Waals surface area contributed by atoms with Crippen LogP contribution in [-0.4, -0.2) is 19.8 Å². The molecular weight excluding hydrogens is 290 g/mol. The average Bonchev–Trinajstić information content (AvgIpc) is 2.28. The van der Waals surface area contributed by atoms with E-state index in [1.54, 1.807) is 0 Å². The Hall–Kier alpha value is -0.490. The second-order valence-electron chi connectivity index (χ2n) is 3.82. The van der Waals surface area contributed by atoms with Gasteiger partial charge < -0.3 is 10.1 Å². The van der Waals surface area contributed by atoms with E-state index in [1.165, 1.54) is 12.1 Å². The van der Waals surface area contributed by atoms with Crippen molar-refractivity contribution in [1.82, 2.24) is 5.32 Å². The molecule has 2 nitrogen and oxygen atoms in total. The first-order valence-electron chi connectivity index (χ1n) is 5.16. The van der Waals surface area contributed by atoms with E-state index in [4.69, 9.17) is 16.3 Å². The largest absolute Gasteiger partial charge is 0.417 e. The summed E-state index contributed by atoms with van der Waals surface area (Å²) in [4.78, 5) is 0. The third kappa shape index (κ3) is 3.51. The molecule has 1 aliphatic rings. The van der Waals surface area contributed by atoms with Crippen LogP contribution in [0.4, 0.5) is 13.2 Å². The molecule has 1 heterocycles. The Morgan fingerprint density at radius 3 is 2.56 bits per heavy atom. The Labute approximate surface area is 114 Å². The minimum atomic E-state index is -4.41. The highest BCUT2D eigenvalue weighted by Gasteiger charge is 2.33. The second kappa shape index (κ2) is 6.10. The van der Waals surface area contributed by atoms with Crippen LogP contribution in [0.1, 0.15) is 17.2 Å². The topological polar surface area (TPSA) is 21.3 Å². The molecule has 0 aliphatic carbocycles. The number of rotatable bonds is 1. The van der Waals surface area contributed by atoms with E-state index in [-0.39, 0.29) is 23.5 Å². The Bertz CT molecular complexity index is 406. The smallest absolute Gasteiger partial charge is 0.378 e. The fourth-order valence-corrected chi connectivity index (χ4v) is 2.05. The molecule has 2 rings (SSSR count). The van der Waals surface area contributed by atoms with Crippen molar-refractivity contribution in [3.05, 3.63) is 34.3 Å². The highest BCUT2D eigenvalue weighted by atomic mass is 35.5. The minimum absolute atomic E-state index is 0. The Kier molecular flexibility index (Phi) is 5.28. The van der Waals surface area contributed by atoms with Gasteiger partial charge in [0.1, 0.15) is 0 Å². The summed E-state index contributed by atoms with van der Waals surface area (Å²) >= 11 is 5.64. The highest BCUT2D eigenvalue weighted by Crippen LogP contribution is 2.35. The summed E-state index contributed by atoms with van der Waals surface area (Å²) in [5.41, 5.74) is -0.0951. The first-order chi connectivity index (χ1) is 7.98. The normalized spacial score (nSPS) is 20.3. The van der Waals surface area contributed by atoms with E-state index >= 15 is 0 Å². The molecule has 18 heavy (non-hydrogen) atoms. The van der Waals surface area contributed by atoms with Crippen molar-refractivity contribution >= 4 is 24.0 Å². The summed E-state index contributed by atoms with van der Waals surface area (Å²) in [7, 11) is 0. The van der Waals surface area contributed by atoms with Crippen molar-refractivity contribution < 1.29 is 17.9 Å². The summed E-state index contributed by atoms with van der Waals surface area (Å²) < 4.78 is 42.7. The maximum atomic E-state index is 12.5. The molecule has 1 aromatic rings. The fourth-order valence-electron chi connectivity index (χ4n) is 1.76. The summed E-state index contributed by atoms with van der Waals surface area (Å²) in [6, 6.07) is 3.69. The van der Waals surface area contributed by atoms with Gasteiger partial charge in [0.15, 0.2) is 0 Å². The van der Waals surface area contributed by atoms with Crippen molar-refractivity contribution in [2.45, 2.75) is 12.2 Å². The SMILES string of the molecule is Cl.FC(F)(F)c1ccc([C@@H]2COCCN2)cc1Cl. The number of ether oxygens (including phenoxy) is 1. The summed E-state index contributed by atoms with van der Waals surface area (Å²) in [6.45, 7) is 1.75. The molecule has 1 fully saturated rings. The zero-order valence-corrected chi connectivity index (χ0v) is 10.8. The lowest BCUT2D eigenvalue weighted by Crippen LogP contribution is -2.34. The van der Waals surface area contributed by atoms with Gasteiger partial charge in [-0.05, 0) is 17.7 Å². The van der Waals surface area contributed by atoms with Crippen molar-refractivity contribution in [3.8, 4) is 0 Å². The molecule has 0 amide bonds. The van der Waals surface area contributed by atoms with Gasteiger partial charge in [0.2, 0.25) is 0 Å². The van der Waals surface area contributed by atoms with Crippen LogP contribution >= 0.6 is 24.0 Å². The number of alkyl halides is 3.